The van der Waals surface area contributed by atoms with Crippen LogP contribution in [0.2, 0.25) is 0 Å². The van der Waals surface area contributed by atoms with Crippen LogP contribution in [0.1, 0.15) is 28.4 Å². The highest BCUT2D eigenvalue weighted by Crippen LogP contribution is 2.29. The Morgan fingerprint density at radius 3 is 1.91 bits per heavy atom. The van der Waals surface area contributed by atoms with Crippen LogP contribution < -0.4 is 0 Å². The van der Waals surface area contributed by atoms with Crippen molar-refractivity contribution in [2.75, 3.05) is 0 Å². The van der Waals surface area contributed by atoms with Gasteiger partial charge in [0.2, 0.25) is 5.78 Å². The lowest BCUT2D eigenvalue weighted by Crippen LogP contribution is -2.18. The summed E-state index contributed by atoms with van der Waals surface area (Å²) in [6.45, 7) is 2.77. The summed E-state index contributed by atoms with van der Waals surface area (Å²) in [6, 6.07) is 16.5. The first-order valence-electron chi connectivity index (χ1n) is 9.74. The van der Waals surface area contributed by atoms with Crippen LogP contribution in [0, 0.1) is 27.2 Å². The number of nitrogens with zero attached hydrogens (tertiary/aromatic N) is 3. The van der Waals surface area contributed by atoms with Crippen molar-refractivity contribution in [1.29, 1.82) is 0 Å². The van der Waals surface area contributed by atoms with Gasteiger partial charge in [-0.3, -0.25) is 25.0 Å². The Hall–Kier alpha value is -4.38. The smallest absolute Gasteiger partial charge is 0.318 e. The molecular formula is C23H17N3O7S. The molecule has 0 heterocycles. The van der Waals surface area contributed by atoms with E-state index in [0.717, 1.165) is 16.7 Å². The molecule has 3 aromatic rings. The standard InChI is InChI=1S/C23H17N3O7S/c1-14-3-6-18(26(31)32)13-21(14)22(24-33-15(2)27)23(28)16-4-9-19(10-5-16)34-20-11-7-17(8-12-20)25(29)30/h3-13H,1-2H3/b24-22-. The average molecular weight is 479 g/mol. The van der Waals surface area contributed by atoms with E-state index in [1.807, 2.05) is 0 Å². The number of carbonyl (C=O) groups is 2. The van der Waals surface area contributed by atoms with Crippen molar-refractivity contribution in [3.8, 4) is 0 Å². The summed E-state index contributed by atoms with van der Waals surface area (Å²) < 4.78 is 0. The number of benzene rings is 3. The number of aryl methyl sites for hydroxylation is 1. The first kappa shape index (κ1) is 24.3. The second-order valence-corrected chi connectivity index (χ2v) is 8.13. The highest BCUT2D eigenvalue weighted by molar-refractivity contribution is 7.99. The molecule has 34 heavy (non-hydrogen) atoms. The van der Waals surface area contributed by atoms with Crippen LogP contribution in [0.3, 0.4) is 0 Å². The van der Waals surface area contributed by atoms with Gasteiger partial charge in [0.25, 0.3) is 11.4 Å². The zero-order chi connectivity index (χ0) is 24.8. The van der Waals surface area contributed by atoms with Crippen molar-refractivity contribution in [2.45, 2.75) is 23.6 Å². The lowest BCUT2D eigenvalue weighted by Gasteiger charge is -2.09. The Bertz CT molecular complexity index is 1300. The van der Waals surface area contributed by atoms with Gasteiger partial charge in [0.15, 0.2) is 5.71 Å². The number of hydrogen-bond donors (Lipinski definition) is 0. The SMILES string of the molecule is CC(=O)O/N=C(\C(=O)c1ccc(Sc2ccc([N+](=O)[O-])cc2)cc1)c1cc([N+](=O)[O-])ccc1C. The van der Waals surface area contributed by atoms with Gasteiger partial charge in [-0.2, -0.15) is 0 Å². The number of oxime groups is 1. The summed E-state index contributed by atoms with van der Waals surface area (Å²) in [7, 11) is 0. The van der Waals surface area contributed by atoms with Crippen LogP contribution in [0.25, 0.3) is 0 Å². The Morgan fingerprint density at radius 1 is 0.853 bits per heavy atom. The fourth-order valence-corrected chi connectivity index (χ4v) is 3.70. The molecule has 3 aromatic carbocycles. The van der Waals surface area contributed by atoms with E-state index < -0.39 is 21.6 Å². The average Bonchev–Trinajstić information content (AvgIpc) is 2.80. The van der Waals surface area contributed by atoms with Crippen LogP contribution in [-0.2, 0) is 9.63 Å². The fourth-order valence-electron chi connectivity index (χ4n) is 2.88. The molecule has 0 aliphatic carbocycles. The predicted octanol–water partition coefficient (Wildman–Crippen LogP) is 5.11. The maximum absolute atomic E-state index is 13.2. The molecule has 0 aliphatic rings. The minimum absolute atomic E-state index is 0.0127. The molecule has 0 radical (unpaired) electrons. The summed E-state index contributed by atoms with van der Waals surface area (Å²) in [5.74, 6) is -1.33. The Balaban J connectivity index is 1.89. The third-order valence-corrected chi connectivity index (χ3v) is 5.58. The summed E-state index contributed by atoms with van der Waals surface area (Å²) in [4.78, 5) is 51.6. The van der Waals surface area contributed by atoms with Crippen LogP contribution in [0.5, 0.6) is 0 Å². The zero-order valence-electron chi connectivity index (χ0n) is 18.0. The van der Waals surface area contributed by atoms with Crippen LogP contribution in [0.4, 0.5) is 11.4 Å². The molecule has 0 spiro atoms. The van der Waals surface area contributed by atoms with E-state index >= 15 is 0 Å². The lowest BCUT2D eigenvalue weighted by atomic mass is 9.97. The van der Waals surface area contributed by atoms with Crippen molar-refractivity contribution >= 4 is 40.6 Å². The Kier molecular flexibility index (Phi) is 7.49. The van der Waals surface area contributed by atoms with E-state index in [-0.39, 0.29) is 28.2 Å². The molecule has 0 atom stereocenters. The van der Waals surface area contributed by atoms with E-state index in [1.165, 1.54) is 42.1 Å². The van der Waals surface area contributed by atoms with E-state index in [4.69, 9.17) is 4.84 Å². The quantitative estimate of drug-likeness (QED) is 0.143. The van der Waals surface area contributed by atoms with Gasteiger partial charge in [-0.1, -0.05) is 23.0 Å². The number of carbonyl (C=O) groups excluding carboxylic acids is 2. The molecule has 0 aromatic heterocycles. The summed E-state index contributed by atoms with van der Waals surface area (Å²) in [5, 5.41) is 25.7. The predicted molar refractivity (Wildman–Crippen MR) is 124 cm³/mol. The third kappa shape index (κ3) is 5.90. The van der Waals surface area contributed by atoms with Gasteiger partial charge in [0.05, 0.1) is 9.85 Å². The molecule has 0 bridgehead atoms. The van der Waals surface area contributed by atoms with Crippen molar-refractivity contribution in [3.63, 3.8) is 0 Å². The number of nitro groups is 2. The number of ketones is 1. The van der Waals surface area contributed by atoms with Crippen LogP contribution in [0.15, 0.2) is 81.7 Å². The van der Waals surface area contributed by atoms with Gasteiger partial charge in [-0.25, -0.2) is 4.79 Å². The first-order chi connectivity index (χ1) is 16.2. The number of rotatable bonds is 8. The lowest BCUT2D eigenvalue weighted by molar-refractivity contribution is -0.385. The van der Waals surface area contributed by atoms with Crippen molar-refractivity contribution in [1.82, 2.24) is 0 Å². The Morgan fingerprint density at radius 2 is 1.38 bits per heavy atom. The van der Waals surface area contributed by atoms with E-state index in [0.29, 0.717) is 5.56 Å². The van der Waals surface area contributed by atoms with E-state index in [1.54, 1.807) is 43.3 Å². The number of Topliss-reactive ketones (excluding diaryl/α,β-unsaturated/α-hetero) is 1. The maximum atomic E-state index is 13.2. The topological polar surface area (TPSA) is 142 Å². The minimum atomic E-state index is -0.747. The number of non-ortho nitro benzene ring substituents is 2. The molecule has 0 aliphatic heterocycles. The van der Waals surface area contributed by atoms with Gasteiger partial charge in [-0.05, 0) is 48.9 Å². The highest BCUT2D eigenvalue weighted by atomic mass is 32.2. The molecule has 0 saturated heterocycles. The molecule has 0 N–H and O–H groups in total. The minimum Gasteiger partial charge on any atom is -0.318 e. The molecule has 11 heteroatoms. The van der Waals surface area contributed by atoms with Crippen molar-refractivity contribution < 1.29 is 24.3 Å². The summed E-state index contributed by atoms with van der Waals surface area (Å²) in [6.07, 6.45) is 0. The van der Waals surface area contributed by atoms with Gasteiger partial charge < -0.3 is 4.84 Å². The normalized spacial score (nSPS) is 11.1. The first-order valence-corrected chi connectivity index (χ1v) is 10.6. The zero-order valence-corrected chi connectivity index (χ0v) is 18.8. The molecule has 0 amide bonds. The number of nitro benzene ring substituents is 2. The van der Waals surface area contributed by atoms with Crippen LogP contribution in [-0.4, -0.2) is 27.3 Å². The van der Waals surface area contributed by atoms with E-state index in [2.05, 4.69) is 5.16 Å². The molecule has 0 unspecified atom stereocenters. The number of hydrogen-bond acceptors (Lipinski definition) is 9. The largest absolute Gasteiger partial charge is 0.332 e. The monoisotopic (exact) mass is 479 g/mol. The third-order valence-electron chi connectivity index (χ3n) is 4.57. The molecule has 0 saturated carbocycles. The van der Waals surface area contributed by atoms with Crippen LogP contribution >= 0.6 is 11.8 Å². The van der Waals surface area contributed by atoms with Gasteiger partial charge in [-0.15, -0.1) is 0 Å². The fraction of sp³-hybridized carbons (Fsp3) is 0.0870. The van der Waals surface area contributed by atoms with Gasteiger partial charge >= 0.3 is 5.97 Å². The van der Waals surface area contributed by atoms with Crippen molar-refractivity contribution in [2.24, 2.45) is 5.16 Å². The maximum Gasteiger partial charge on any atom is 0.332 e. The molecular weight excluding hydrogens is 462 g/mol. The highest BCUT2D eigenvalue weighted by Gasteiger charge is 2.22. The van der Waals surface area contributed by atoms with Crippen molar-refractivity contribution in [3.05, 3.63) is 104 Å². The second-order valence-electron chi connectivity index (χ2n) is 6.99. The summed E-state index contributed by atoms with van der Waals surface area (Å²) >= 11 is 1.35. The van der Waals surface area contributed by atoms with E-state index in [9.17, 15) is 29.8 Å². The summed E-state index contributed by atoms with van der Waals surface area (Å²) in [5.41, 5.74) is 0.442. The second kappa shape index (κ2) is 10.5. The molecule has 10 nitrogen and oxygen atoms in total. The molecule has 172 valence electrons. The molecule has 3 rings (SSSR count). The van der Waals surface area contributed by atoms with Gasteiger partial charge in [0.1, 0.15) is 0 Å². The Labute approximate surface area is 197 Å². The van der Waals surface area contributed by atoms with Gasteiger partial charge in [0, 0.05) is 52.1 Å². The molecule has 0 fully saturated rings.